The highest BCUT2D eigenvalue weighted by molar-refractivity contribution is 5.85. The van der Waals surface area contributed by atoms with Crippen LogP contribution in [0.5, 0.6) is 0 Å². The fourth-order valence-corrected chi connectivity index (χ4v) is 2.51. The zero-order valence-electron chi connectivity index (χ0n) is 9.17. The van der Waals surface area contributed by atoms with E-state index < -0.39 is 5.60 Å². The van der Waals surface area contributed by atoms with Crippen molar-refractivity contribution in [3.63, 3.8) is 0 Å². The van der Waals surface area contributed by atoms with Crippen LogP contribution in [0.1, 0.15) is 32.1 Å². The summed E-state index contributed by atoms with van der Waals surface area (Å²) in [4.78, 5) is 13.9. The lowest BCUT2D eigenvalue weighted by Gasteiger charge is -2.37. The summed E-state index contributed by atoms with van der Waals surface area (Å²) in [6, 6.07) is 0. The molecule has 1 amide bonds. The molecule has 4 heteroatoms. The highest BCUT2D eigenvalue weighted by atomic mass is 16.3. The molecular weight excluding hydrogens is 192 g/mol. The Morgan fingerprint density at radius 3 is 2.33 bits per heavy atom. The van der Waals surface area contributed by atoms with Gasteiger partial charge in [0.2, 0.25) is 0 Å². The Morgan fingerprint density at radius 2 is 1.73 bits per heavy atom. The van der Waals surface area contributed by atoms with Gasteiger partial charge in [0.05, 0.1) is 0 Å². The Morgan fingerprint density at radius 1 is 1.13 bits per heavy atom. The third-order valence-corrected chi connectivity index (χ3v) is 3.48. The summed E-state index contributed by atoms with van der Waals surface area (Å²) in [5.41, 5.74) is -1.05. The minimum atomic E-state index is -1.05. The largest absolute Gasteiger partial charge is 0.380 e. The summed E-state index contributed by atoms with van der Waals surface area (Å²) in [5.74, 6) is -0.0382. The van der Waals surface area contributed by atoms with Crippen LogP contribution in [0.3, 0.4) is 0 Å². The minimum Gasteiger partial charge on any atom is -0.380 e. The first-order chi connectivity index (χ1) is 7.22. The van der Waals surface area contributed by atoms with Crippen LogP contribution >= 0.6 is 0 Å². The molecule has 1 saturated heterocycles. The van der Waals surface area contributed by atoms with Crippen LogP contribution in [0.15, 0.2) is 0 Å². The Hall–Kier alpha value is -0.610. The van der Waals surface area contributed by atoms with Crippen LogP contribution in [0, 0.1) is 0 Å². The average molecular weight is 212 g/mol. The van der Waals surface area contributed by atoms with Crippen molar-refractivity contribution in [1.82, 2.24) is 10.2 Å². The van der Waals surface area contributed by atoms with Gasteiger partial charge in [-0.25, -0.2) is 0 Å². The van der Waals surface area contributed by atoms with E-state index in [4.69, 9.17) is 0 Å². The van der Waals surface area contributed by atoms with Crippen LogP contribution in [0.4, 0.5) is 0 Å². The number of aliphatic hydroxyl groups is 1. The van der Waals surface area contributed by atoms with E-state index in [0.29, 0.717) is 12.8 Å². The third-order valence-electron chi connectivity index (χ3n) is 3.48. The van der Waals surface area contributed by atoms with Gasteiger partial charge in [-0.3, -0.25) is 4.79 Å². The number of nitrogens with one attached hydrogen (secondary N) is 1. The number of carbonyl (C=O) groups excluding carboxylic acids is 1. The van der Waals surface area contributed by atoms with E-state index in [1.165, 1.54) is 0 Å². The molecule has 0 atom stereocenters. The minimum absolute atomic E-state index is 0.0382. The van der Waals surface area contributed by atoms with E-state index >= 15 is 0 Å². The molecule has 0 aromatic carbocycles. The fraction of sp³-hybridized carbons (Fsp3) is 0.909. The highest BCUT2D eigenvalue weighted by Crippen LogP contribution is 2.29. The third kappa shape index (κ3) is 2.32. The van der Waals surface area contributed by atoms with E-state index in [1.807, 2.05) is 4.90 Å². The number of hydrogen-bond donors (Lipinski definition) is 2. The molecule has 1 saturated carbocycles. The molecule has 2 aliphatic rings. The summed E-state index contributed by atoms with van der Waals surface area (Å²) in [6.45, 7) is 3.17. The molecule has 4 nitrogen and oxygen atoms in total. The molecule has 0 radical (unpaired) electrons. The van der Waals surface area contributed by atoms with Crippen molar-refractivity contribution < 1.29 is 9.90 Å². The SMILES string of the molecule is O=C(N1CCNCC1)C1(O)CCCCC1. The van der Waals surface area contributed by atoms with Gasteiger partial charge in [0.1, 0.15) is 5.60 Å². The molecule has 0 aromatic rings. The van der Waals surface area contributed by atoms with Crippen molar-refractivity contribution in [3.8, 4) is 0 Å². The quantitative estimate of drug-likeness (QED) is 0.649. The van der Waals surface area contributed by atoms with Crippen LogP contribution < -0.4 is 5.32 Å². The van der Waals surface area contributed by atoms with Gasteiger partial charge in [0.25, 0.3) is 5.91 Å². The Labute approximate surface area is 90.6 Å². The lowest BCUT2D eigenvalue weighted by atomic mass is 9.83. The number of amides is 1. The first-order valence-electron chi connectivity index (χ1n) is 5.95. The van der Waals surface area contributed by atoms with Crippen molar-refractivity contribution in [2.75, 3.05) is 26.2 Å². The van der Waals surface area contributed by atoms with Gasteiger partial charge in [-0.1, -0.05) is 19.3 Å². The van der Waals surface area contributed by atoms with E-state index in [1.54, 1.807) is 0 Å². The van der Waals surface area contributed by atoms with Crippen LogP contribution in [-0.4, -0.2) is 47.7 Å². The number of nitrogens with zero attached hydrogens (tertiary/aromatic N) is 1. The van der Waals surface area contributed by atoms with Gasteiger partial charge < -0.3 is 15.3 Å². The summed E-state index contributed by atoms with van der Waals surface area (Å²) < 4.78 is 0. The first kappa shape index (κ1) is 10.9. The second-order valence-electron chi connectivity index (χ2n) is 4.63. The van der Waals surface area contributed by atoms with Gasteiger partial charge >= 0.3 is 0 Å². The molecule has 1 aliphatic heterocycles. The summed E-state index contributed by atoms with van der Waals surface area (Å²) in [7, 11) is 0. The molecule has 1 aliphatic carbocycles. The Balaban J connectivity index is 1.98. The molecule has 0 unspecified atom stereocenters. The maximum absolute atomic E-state index is 12.1. The van der Waals surface area contributed by atoms with Crippen molar-refractivity contribution in [2.45, 2.75) is 37.7 Å². The maximum Gasteiger partial charge on any atom is 0.254 e. The fourth-order valence-electron chi connectivity index (χ4n) is 2.51. The predicted molar refractivity (Wildman–Crippen MR) is 57.5 cm³/mol. The van der Waals surface area contributed by atoms with Crippen LogP contribution in [0.2, 0.25) is 0 Å². The number of piperazine rings is 1. The predicted octanol–water partition coefficient (Wildman–Crippen LogP) is 0.113. The van der Waals surface area contributed by atoms with Gasteiger partial charge in [0, 0.05) is 26.2 Å². The molecule has 0 aromatic heterocycles. The van der Waals surface area contributed by atoms with Gasteiger partial charge in [-0.2, -0.15) is 0 Å². The van der Waals surface area contributed by atoms with Crippen molar-refractivity contribution in [3.05, 3.63) is 0 Å². The van der Waals surface area contributed by atoms with E-state index in [9.17, 15) is 9.90 Å². The lowest BCUT2D eigenvalue weighted by molar-refractivity contribution is -0.155. The molecule has 1 heterocycles. The second kappa shape index (κ2) is 4.49. The van der Waals surface area contributed by atoms with Crippen molar-refractivity contribution in [2.24, 2.45) is 0 Å². The monoisotopic (exact) mass is 212 g/mol. The zero-order chi connectivity index (χ0) is 10.7. The number of rotatable bonds is 1. The second-order valence-corrected chi connectivity index (χ2v) is 4.63. The first-order valence-corrected chi connectivity index (χ1v) is 5.95. The van der Waals surface area contributed by atoms with E-state index in [0.717, 1.165) is 45.4 Å². The Kier molecular flexibility index (Phi) is 3.26. The molecule has 2 N–H and O–H groups in total. The maximum atomic E-state index is 12.1. The lowest BCUT2D eigenvalue weighted by Crippen LogP contribution is -2.55. The summed E-state index contributed by atoms with van der Waals surface area (Å²) in [6.07, 6.45) is 4.41. The molecule has 2 rings (SSSR count). The summed E-state index contributed by atoms with van der Waals surface area (Å²) in [5, 5.41) is 13.5. The van der Waals surface area contributed by atoms with Crippen molar-refractivity contribution >= 4 is 5.91 Å². The molecule has 2 fully saturated rings. The average Bonchev–Trinajstić information content (AvgIpc) is 2.30. The van der Waals surface area contributed by atoms with Gasteiger partial charge in [-0.05, 0) is 12.8 Å². The normalized spacial score (nSPS) is 26.3. The smallest absolute Gasteiger partial charge is 0.254 e. The van der Waals surface area contributed by atoms with E-state index in [-0.39, 0.29) is 5.91 Å². The number of carbonyl (C=O) groups is 1. The van der Waals surface area contributed by atoms with Crippen molar-refractivity contribution in [1.29, 1.82) is 0 Å². The molecule has 0 bridgehead atoms. The summed E-state index contributed by atoms with van der Waals surface area (Å²) >= 11 is 0. The molecular formula is C11H20N2O2. The zero-order valence-corrected chi connectivity index (χ0v) is 9.17. The number of hydrogen-bond acceptors (Lipinski definition) is 3. The van der Waals surface area contributed by atoms with Gasteiger partial charge in [0.15, 0.2) is 0 Å². The van der Waals surface area contributed by atoms with Crippen LogP contribution in [-0.2, 0) is 4.79 Å². The topological polar surface area (TPSA) is 52.6 Å². The van der Waals surface area contributed by atoms with Gasteiger partial charge in [-0.15, -0.1) is 0 Å². The standard InChI is InChI=1S/C11H20N2O2/c14-10(13-8-6-12-7-9-13)11(15)4-2-1-3-5-11/h12,15H,1-9H2. The highest BCUT2D eigenvalue weighted by Gasteiger charge is 2.40. The molecule has 0 spiro atoms. The molecule has 15 heavy (non-hydrogen) atoms. The Bertz CT molecular complexity index is 231. The molecule has 86 valence electrons. The van der Waals surface area contributed by atoms with E-state index in [2.05, 4.69) is 5.32 Å². The van der Waals surface area contributed by atoms with Crippen LogP contribution in [0.25, 0.3) is 0 Å².